The van der Waals surface area contributed by atoms with Gasteiger partial charge in [0.25, 0.3) is 0 Å². The quantitative estimate of drug-likeness (QED) is 0.842. The maximum Gasteiger partial charge on any atom is 0.303 e. The van der Waals surface area contributed by atoms with Crippen LogP contribution in [0.4, 0.5) is 4.39 Å². The van der Waals surface area contributed by atoms with Crippen molar-refractivity contribution in [1.82, 2.24) is 0 Å². The topological polar surface area (TPSA) is 71.4 Å². The van der Waals surface area contributed by atoms with Gasteiger partial charge in [-0.05, 0) is 45.8 Å². The van der Waals surface area contributed by atoms with E-state index < -0.39 is 27.0 Å². The molecule has 1 aromatic rings. The fraction of sp³-hybridized carbons (Fsp3) is 0.462. The molecule has 0 saturated heterocycles. The van der Waals surface area contributed by atoms with Crippen LogP contribution in [0, 0.1) is 11.2 Å². The Kier molecular flexibility index (Phi) is 4.20. The van der Waals surface area contributed by atoms with Crippen molar-refractivity contribution in [3.8, 4) is 0 Å². The Morgan fingerprint density at radius 1 is 1.40 bits per heavy atom. The molecule has 1 fully saturated rings. The van der Waals surface area contributed by atoms with E-state index in [0.717, 1.165) is 0 Å². The number of sulfone groups is 1. The lowest BCUT2D eigenvalue weighted by molar-refractivity contribution is -0.138. The van der Waals surface area contributed by atoms with Gasteiger partial charge >= 0.3 is 5.97 Å². The molecule has 1 N–H and O–H groups in total. The van der Waals surface area contributed by atoms with E-state index in [0.29, 0.717) is 18.4 Å². The third-order valence-corrected chi connectivity index (χ3v) is 6.11. The van der Waals surface area contributed by atoms with E-state index in [-0.39, 0.29) is 22.4 Å². The van der Waals surface area contributed by atoms with E-state index in [1.54, 1.807) is 6.07 Å². The van der Waals surface area contributed by atoms with Crippen molar-refractivity contribution < 1.29 is 22.7 Å². The number of carboxylic acids is 1. The first-order valence-corrected chi connectivity index (χ1v) is 8.70. The highest BCUT2D eigenvalue weighted by Crippen LogP contribution is 2.50. The van der Waals surface area contributed by atoms with Crippen molar-refractivity contribution in [3.63, 3.8) is 0 Å². The van der Waals surface area contributed by atoms with Gasteiger partial charge in [0.2, 0.25) is 0 Å². The first kappa shape index (κ1) is 15.4. The second-order valence-corrected chi connectivity index (χ2v) is 8.17. The maximum absolute atomic E-state index is 13.4. The summed E-state index contributed by atoms with van der Waals surface area (Å²) in [4.78, 5) is 10.7. The van der Waals surface area contributed by atoms with Crippen molar-refractivity contribution in [2.24, 2.45) is 5.41 Å². The van der Waals surface area contributed by atoms with Gasteiger partial charge in [0.1, 0.15) is 5.82 Å². The van der Waals surface area contributed by atoms with Crippen LogP contribution in [0.1, 0.15) is 24.8 Å². The summed E-state index contributed by atoms with van der Waals surface area (Å²) in [5.41, 5.74) is -0.263. The zero-order valence-corrected chi connectivity index (χ0v) is 13.0. The molecule has 0 bridgehead atoms. The normalized spacial score (nSPS) is 16.9. The second-order valence-electron chi connectivity index (χ2n) is 5.32. The summed E-state index contributed by atoms with van der Waals surface area (Å²) in [5.74, 6) is -1.93. The van der Waals surface area contributed by atoms with Gasteiger partial charge in [-0.25, -0.2) is 12.8 Å². The number of aliphatic carboxylic acids is 1. The van der Waals surface area contributed by atoms with Gasteiger partial charge in [0, 0.05) is 0 Å². The van der Waals surface area contributed by atoms with Crippen LogP contribution >= 0.6 is 15.9 Å². The molecule has 0 aromatic heterocycles. The predicted molar refractivity (Wildman–Crippen MR) is 75.5 cm³/mol. The molecule has 1 aliphatic carbocycles. The van der Waals surface area contributed by atoms with Crippen molar-refractivity contribution in [2.45, 2.75) is 25.0 Å². The molecule has 0 aliphatic heterocycles. The van der Waals surface area contributed by atoms with Crippen molar-refractivity contribution >= 4 is 31.7 Å². The number of hydrogen-bond acceptors (Lipinski definition) is 3. The monoisotopic (exact) mass is 364 g/mol. The summed E-state index contributed by atoms with van der Waals surface area (Å²) in [6.07, 6.45) is 1.10. The SMILES string of the molecule is O=C(O)CC1(CS(=O)(=O)Cc2cccc(F)c2Br)CC1. The Morgan fingerprint density at radius 2 is 2.05 bits per heavy atom. The molecule has 1 aliphatic rings. The Hall–Kier alpha value is -0.950. The van der Waals surface area contributed by atoms with Gasteiger partial charge in [-0.1, -0.05) is 12.1 Å². The molecule has 0 atom stereocenters. The molecule has 0 spiro atoms. The number of hydrogen-bond donors (Lipinski definition) is 1. The largest absolute Gasteiger partial charge is 0.481 e. The summed E-state index contributed by atoms with van der Waals surface area (Å²) < 4.78 is 37.8. The fourth-order valence-electron chi connectivity index (χ4n) is 2.28. The van der Waals surface area contributed by atoms with Crippen molar-refractivity contribution in [2.75, 3.05) is 5.75 Å². The minimum Gasteiger partial charge on any atom is -0.481 e. The number of carboxylic acid groups (broad SMARTS) is 1. The highest BCUT2D eigenvalue weighted by molar-refractivity contribution is 9.10. The van der Waals surface area contributed by atoms with Gasteiger partial charge in [0.05, 0.1) is 22.4 Å². The fourth-order valence-corrected chi connectivity index (χ4v) is 5.01. The summed E-state index contributed by atoms with van der Waals surface area (Å²) in [5, 5.41) is 8.80. The van der Waals surface area contributed by atoms with Crippen LogP contribution < -0.4 is 0 Å². The van der Waals surface area contributed by atoms with E-state index in [9.17, 15) is 17.6 Å². The molecule has 4 nitrogen and oxygen atoms in total. The van der Waals surface area contributed by atoms with Crippen LogP contribution in [0.5, 0.6) is 0 Å². The molecular formula is C13H14BrFO4S. The number of benzene rings is 1. The Labute approximate surface area is 125 Å². The summed E-state index contributed by atoms with van der Waals surface area (Å²) in [6.45, 7) is 0. The Balaban J connectivity index is 2.12. The van der Waals surface area contributed by atoms with Crippen LogP contribution in [-0.4, -0.2) is 25.2 Å². The molecule has 0 radical (unpaired) electrons. The minimum atomic E-state index is -3.47. The number of rotatable bonds is 6. The van der Waals surface area contributed by atoms with E-state index >= 15 is 0 Å². The molecule has 20 heavy (non-hydrogen) atoms. The molecule has 1 aromatic carbocycles. The lowest BCUT2D eigenvalue weighted by atomic mass is 10.1. The van der Waals surface area contributed by atoms with Crippen LogP contribution in [-0.2, 0) is 20.4 Å². The smallest absolute Gasteiger partial charge is 0.303 e. The van der Waals surface area contributed by atoms with E-state index in [2.05, 4.69) is 15.9 Å². The van der Waals surface area contributed by atoms with Gasteiger partial charge in [-0.15, -0.1) is 0 Å². The van der Waals surface area contributed by atoms with E-state index in [1.165, 1.54) is 12.1 Å². The standard InChI is InChI=1S/C13H14BrFO4S/c14-12-9(2-1-3-10(12)15)7-20(18,19)8-13(4-5-13)6-11(16)17/h1-3H,4-8H2,(H,16,17). The average Bonchev–Trinajstić information content (AvgIpc) is 3.02. The Bertz CT molecular complexity index is 638. The van der Waals surface area contributed by atoms with Crippen LogP contribution in [0.25, 0.3) is 0 Å². The summed E-state index contributed by atoms with van der Waals surface area (Å²) >= 11 is 3.03. The van der Waals surface area contributed by atoms with Crippen LogP contribution in [0.2, 0.25) is 0 Å². The number of halogens is 2. The molecule has 0 unspecified atom stereocenters. The lowest BCUT2D eigenvalue weighted by Gasteiger charge is -2.13. The van der Waals surface area contributed by atoms with Crippen molar-refractivity contribution in [3.05, 3.63) is 34.1 Å². The third-order valence-electron chi connectivity index (χ3n) is 3.42. The van der Waals surface area contributed by atoms with Crippen molar-refractivity contribution in [1.29, 1.82) is 0 Å². The van der Waals surface area contributed by atoms with Gasteiger partial charge < -0.3 is 5.11 Å². The zero-order valence-electron chi connectivity index (χ0n) is 10.6. The number of carbonyl (C=O) groups is 1. The van der Waals surface area contributed by atoms with E-state index in [4.69, 9.17) is 5.11 Å². The van der Waals surface area contributed by atoms with Crippen LogP contribution in [0.3, 0.4) is 0 Å². The molecule has 1 saturated carbocycles. The molecular weight excluding hydrogens is 351 g/mol. The molecule has 110 valence electrons. The van der Waals surface area contributed by atoms with Gasteiger partial charge in [-0.3, -0.25) is 4.79 Å². The molecule has 0 heterocycles. The second kappa shape index (κ2) is 5.44. The molecule has 2 rings (SSSR count). The first-order valence-electron chi connectivity index (χ1n) is 6.08. The zero-order chi connectivity index (χ0) is 15.0. The molecule has 7 heteroatoms. The highest BCUT2D eigenvalue weighted by atomic mass is 79.9. The maximum atomic E-state index is 13.4. The van der Waals surface area contributed by atoms with E-state index in [1.807, 2.05) is 0 Å². The minimum absolute atomic E-state index is 0.128. The lowest BCUT2D eigenvalue weighted by Crippen LogP contribution is -2.21. The average molecular weight is 365 g/mol. The first-order chi connectivity index (χ1) is 9.23. The third kappa shape index (κ3) is 3.79. The van der Waals surface area contributed by atoms with Gasteiger partial charge in [-0.2, -0.15) is 0 Å². The molecule has 0 amide bonds. The summed E-state index contributed by atoms with van der Waals surface area (Å²) in [6, 6.07) is 4.24. The van der Waals surface area contributed by atoms with Crippen LogP contribution in [0.15, 0.2) is 22.7 Å². The predicted octanol–water partition coefficient (Wildman–Crippen LogP) is 2.76. The highest BCUT2D eigenvalue weighted by Gasteiger charge is 2.47. The summed E-state index contributed by atoms with van der Waals surface area (Å²) in [7, 11) is -3.47. The Morgan fingerprint density at radius 3 is 2.60 bits per heavy atom. The van der Waals surface area contributed by atoms with Gasteiger partial charge in [0.15, 0.2) is 9.84 Å².